The standard InChI is InChI=1S/C8H11Cl2N/c1-5-7(10)6(9)3-4-8(5,2)11/h3-5H,11H2,1-2H3. The third-order valence-electron chi connectivity index (χ3n) is 2.13. The molecule has 0 aromatic heterocycles. The minimum atomic E-state index is -0.366. The average Bonchev–Trinajstić information content (AvgIpc) is 1.95. The van der Waals surface area contributed by atoms with Crippen molar-refractivity contribution in [3.63, 3.8) is 0 Å². The second-order valence-electron chi connectivity index (χ2n) is 3.12. The fourth-order valence-corrected chi connectivity index (χ4v) is 1.48. The van der Waals surface area contributed by atoms with Crippen LogP contribution in [0.5, 0.6) is 0 Å². The molecule has 0 heterocycles. The smallest absolute Gasteiger partial charge is 0.0552 e. The van der Waals surface area contributed by atoms with Crippen molar-refractivity contribution in [1.82, 2.24) is 0 Å². The summed E-state index contributed by atoms with van der Waals surface area (Å²) in [5.41, 5.74) is 5.54. The van der Waals surface area contributed by atoms with Gasteiger partial charge >= 0.3 is 0 Å². The summed E-state index contributed by atoms with van der Waals surface area (Å²) >= 11 is 11.7. The van der Waals surface area contributed by atoms with E-state index in [1.54, 1.807) is 6.08 Å². The van der Waals surface area contributed by atoms with Gasteiger partial charge in [-0.1, -0.05) is 36.2 Å². The molecule has 2 N–H and O–H groups in total. The highest BCUT2D eigenvalue weighted by Gasteiger charge is 2.30. The molecule has 0 saturated carbocycles. The molecule has 11 heavy (non-hydrogen) atoms. The van der Waals surface area contributed by atoms with Crippen molar-refractivity contribution in [2.45, 2.75) is 19.4 Å². The van der Waals surface area contributed by atoms with E-state index in [-0.39, 0.29) is 11.5 Å². The molecule has 1 aliphatic rings. The predicted octanol–water partition coefficient (Wildman–Crippen LogP) is 2.60. The Morgan fingerprint density at radius 3 is 2.55 bits per heavy atom. The molecular weight excluding hydrogens is 181 g/mol. The molecule has 2 atom stereocenters. The van der Waals surface area contributed by atoms with Gasteiger partial charge in [0, 0.05) is 16.5 Å². The van der Waals surface area contributed by atoms with Gasteiger partial charge in [-0.05, 0) is 13.0 Å². The molecule has 1 nitrogen and oxygen atoms in total. The maximum Gasteiger partial charge on any atom is 0.0552 e. The van der Waals surface area contributed by atoms with Gasteiger partial charge in [0.1, 0.15) is 0 Å². The van der Waals surface area contributed by atoms with Crippen LogP contribution in [0.25, 0.3) is 0 Å². The van der Waals surface area contributed by atoms with Crippen molar-refractivity contribution in [3.8, 4) is 0 Å². The van der Waals surface area contributed by atoms with Gasteiger partial charge in [-0.3, -0.25) is 0 Å². The van der Waals surface area contributed by atoms with Gasteiger partial charge in [-0.2, -0.15) is 0 Å². The van der Waals surface area contributed by atoms with Gasteiger partial charge in [-0.25, -0.2) is 0 Å². The van der Waals surface area contributed by atoms with E-state index in [1.807, 2.05) is 19.9 Å². The Kier molecular flexibility index (Phi) is 2.33. The van der Waals surface area contributed by atoms with Crippen molar-refractivity contribution in [2.75, 3.05) is 0 Å². The van der Waals surface area contributed by atoms with Crippen LogP contribution >= 0.6 is 23.2 Å². The molecule has 0 aromatic rings. The largest absolute Gasteiger partial charge is 0.322 e. The lowest BCUT2D eigenvalue weighted by Gasteiger charge is -2.31. The number of nitrogens with two attached hydrogens (primary N) is 1. The number of rotatable bonds is 0. The van der Waals surface area contributed by atoms with Gasteiger partial charge in [0.05, 0.1) is 5.03 Å². The Labute approximate surface area is 76.9 Å². The lowest BCUT2D eigenvalue weighted by molar-refractivity contribution is 0.447. The summed E-state index contributed by atoms with van der Waals surface area (Å²) in [4.78, 5) is 0. The fourth-order valence-electron chi connectivity index (χ4n) is 0.957. The van der Waals surface area contributed by atoms with Crippen molar-refractivity contribution in [2.24, 2.45) is 11.7 Å². The molecule has 1 rings (SSSR count). The summed E-state index contributed by atoms with van der Waals surface area (Å²) in [6.07, 6.45) is 3.63. The Hall–Kier alpha value is 0.0200. The summed E-state index contributed by atoms with van der Waals surface area (Å²) in [5.74, 6) is 0.0988. The van der Waals surface area contributed by atoms with Crippen molar-refractivity contribution in [1.29, 1.82) is 0 Å². The highest BCUT2D eigenvalue weighted by atomic mass is 35.5. The molecule has 0 saturated heterocycles. The van der Waals surface area contributed by atoms with E-state index in [1.165, 1.54) is 0 Å². The van der Waals surface area contributed by atoms with Crippen LogP contribution in [0.4, 0.5) is 0 Å². The Balaban J connectivity index is 3.01. The van der Waals surface area contributed by atoms with Crippen LogP contribution in [0.1, 0.15) is 13.8 Å². The third-order valence-corrected chi connectivity index (χ3v) is 3.09. The molecule has 0 bridgehead atoms. The maximum atomic E-state index is 5.92. The highest BCUT2D eigenvalue weighted by Crippen LogP contribution is 2.34. The number of hydrogen-bond donors (Lipinski definition) is 1. The number of hydrogen-bond acceptors (Lipinski definition) is 1. The first kappa shape index (κ1) is 9.11. The minimum absolute atomic E-state index is 0.0988. The maximum absolute atomic E-state index is 5.92. The average molecular weight is 192 g/mol. The Morgan fingerprint density at radius 2 is 2.09 bits per heavy atom. The van der Waals surface area contributed by atoms with Crippen LogP contribution < -0.4 is 5.73 Å². The van der Waals surface area contributed by atoms with Crippen LogP contribution in [-0.4, -0.2) is 5.54 Å². The molecule has 0 spiro atoms. The van der Waals surface area contributed by atoms with Gasteiger partial charge in [0.25, 0.3) is 0 Å². The summed E-state index contributed by atoms with van der Waals surface area (Å²) in [7, 11) is 0. The monoisotopic (exact) mass is 191 g/mol. The van der Waals surface area contributed by atoms with E-state index >= 15 is 0 Å². The summed E-state index contributed by atoms with van der Waals surface area (Å²) in [6.45, 7) is 3.90. The van der Waals surface area contributed by atoms with E-state index in [4.69, 9.17) is 28.9 Å². The molecule has 3 heteroatoms. The van der Waals surface area contributed by atoms with Crippen LogP contribution in [0.3, 0.4) is 0 Å². The van der Waals surface area contributed by atoms with Gasteiger partial charge in [-0.15, -0.1) is 0 Å². The van der Waals surface area contributed by atoms with E-state index < -0.39 is 0 Å². The van der Waals surface area contributed by atoms with Crippen molar-refractivity contribution in [3.05, 3.63) is 22.2 Å². The minimum Gasteiger partial charge on any atom is -0.322 e. The zero-order chi connectivity index (χ0) is 8.65. The number of halogens is 2. The lowest BCUT2D eigenvalue weighted by Crippen LogP contribution is -2.42. The van der Waals surface area contributed by atoms with Gasteiger partial charge < -0.3 is 5.73 Å². The van der Waals surface area contributed by atoms with Crippen molar-refractivity contribution < 1.29 is 0 Å². The van der Waals surface area contributed by atoms with Crippen LogP contribution in [0.2, 0.25) is 0 Å². The fraction of sp³-hybridized carbons (Fsp3) is 0.500. The number of allylic oxidation sites excluding steroid dienone is 2. The SMILES string of the molecule is CC1C(Cl)=C(Cl)C=CC1(C)N. The first-order valence-electron chi connectivity index (χ1n) is 3.48. The van der Waals surface area contributed by atoms with Crippen LogP contribution in [0.15, 0.2) is 22.2 Å². The molecule has 0 radical (unpaired) electrons. The zero-order valence-corrected chi connectivity index (χ0v) is 8.08. The molecule has 0 aromatic carbocycles. The van der Waals surface area contributed by atoms with Crippen molar-refractivity contribution >= 4 is 23.2 Å². The summed E-state index contributed by atoms with van der Waals surface area (Å²) < 4.78 is 0. The zero-order valence-electron chi connectivity index (χ0n) is 6.57. The molecule has 0 aliphatic heterocycles. The van der Waals surface area contributed by atoms with E-state index in [9.17, 15) is 0 Å². The highest BCUT2D eigenvalue weighted by molar-refractivity contribution is 6.40. The first-order valence-corrected chi connectivity index (χ1v) is 4.24. The van der Waals surface area contributed by atoms with Gasteiger partial charge in [0.15, 0.2) is 0 Å². The topological polar surface area (TPSA) is 26.0 Å². The molecule has 0 fully saturated rings. The quantitative estimate of drug-likeness (QED) is 0.627. The normalized spacial score (nSPS) is 38.1. The molecular formula is C8H11Cl2N. The second-order valence-corrected chi connectivity index (χ2v) is 3.93. The predicted molar refractivity (Wildman–Crippen MR) is 49.6 cm³/mol. The Bertz CT molecular complexity index is 228. The van der Waals surface area contributed by atoms with E-state index in [0.717, 1.165) is 0 Å². The lowest BCUT2D eigenvalue weighted by atomic mass is 9.84. The Morgan fingerprint density at radius 1 is 1.55 bits per heavy atom. The van der Waals surface area contributed by atoms with Crippen LogP contribution in [-0.2, 0) is 0 Å². The van der Waals surface area contributed by atoms with E-state index in [2.05, 4.69) is 0 Å². The molecule has 2 unspecified atom stereocenters. The molecule has 1 aliphatic carbocycles. The molecule has 62 valence electrons. The first-order chi connectivity index (χ1) is 4.95. The van der Waals surface area contributed by atoms with E-state index in [0.29, 0.717) is 10.1 Å². The summed E-state index contributed by atoms with van der Waals surface area (Å²) in [5, 5.41) is 1.25. The summed E-state index contributed by atoms with van der Waals surface area (Å²) in [6, 6.07) is 0. The van der Waals surface area contributed by atoms with Crippen LogP contribution in [0, 0.1) is 5.92 Å². The second kappa shape index (κ2) is 2.81. The van der Waals surface area contributed by atoms with Gasteiger partial charge in [0.2, 0.25) is 0 Å². The molecule has 0 amide bonds. The third kappa shape index (κ3) is 1.61.